The van der Waals surface area contributed by atoms with Gasteiger partial charge < -0.3 is 19.9 Å². The van der Waals surface area contributed by atoms with Crippen molar-refractivity contribution >= 4 is 17.4 Å². The number of urea groups is 1. The molecule has 3 aliphatic rings. The number of likely N-dealkylation sites (tertiary alicyclic amines) is 1. The highest BCUT2D eigenvalue weighted by molar-refractivity contribution is 5.90. The Morgan fingerprint density at radius 1 is 1.00 bits per heavy atom. The number of anilines is 2. The third-order valence-corrected chi connectivity index (χ3v) is 6.26. The zero-order chi connectivity index (χ0) is 18.6. The second kappa shape index (κ2) is 8.46. The first kappa shape index (κ1) is 18.5. The van der Waals surface area contributed by atoms with Crippen LogP contribution in [0.5, 0.6) is 0 Å². The number of benzene rings is 1. The Hall–Kier alpha value is -1.82. The Bertz CT molecular complexity index is 657. The molecule has 1 aromatic carbocycles. The molecule has 2 aliphatic heterocycles. The van der Waals surface area contributed by atoms with Crippen LogP contribution in [0.2, 0.25) is 0 Å². The van der Waals surface area contributed by atoms with Gasteiger partial charge in [-0.15, -0.1) is 0 Å². The highest BCUT2D eigenvalue weighted by Crippen LogP contribution is 2.34. The topological polar surface area (TPSA) is 44.8 Å². The van der Waals surface area contributed by atoms with E-state index >= 15 is 0 Å². The summed E-state index contributed by atoms with van der Waals surface area (Å²) in [7, 11) is 0. The molecule has 1 N–H and O–H groups in total. The van der Waals surface area contributed by atoms with E-state index in [0.29, 0.717) is 30.9 Å². The minimum Gasteiger partial charge on any atom is -0.378 e. The highest BCUT2D eigenvalue weighted by atomic mass is 19.1. The molecule has 0 radical (unpaired) electrons. The smallest absolute Gasteiger partial charge is 0.322 e. The maximum atomic E-state index is 14.2. The fourth-order valence-corrected chi connectivity index (χ4v) is 4.90. The van der Waals surface area contributed by atoms with Gasteiger partial charge in [-0.05, 0) is 49.8 Å². The molecule has 2 amide bonds. The van der Waals surface area contributed by atoms with Crippen molar-refractivity contribution in [3.63, 3.8) is 0 Å². The van der Waals surface area contributed by atoms with Crippen LogP contribution < -0.4 is 10.2 Å². The van der Waals surface area contributed by atoms with E-state index in [-0.39, 0.29) is 11.8 Å². The number of carbonyl (C=O) groups excluding carboxylic acids is 1. The molecule has 148 valence electrons. The SMILES string of the molecule is O=C(Nc1cc(F)cc(N2CCOCC2)c1)N1CCCC1C1CCCCC1. The first-order chi connectivity index (χ1) is 13.2. The number of morpholine rings is 1. The molecule has 2 saturated heterocycles. The highest BCUT2D eigenvalue weighted by Gasteiger charge is 2.35. The lowest BCUT2D eigenvalue weighted by molar-refractivity contribution is 0.122. The first-order valence-corrected chi connectivity index (χ1v) is 10.4. The van der Waals surface area contributed by atoms with E-state index in [0.717, 1.165) is 38.2 Å². The van der Waals surface area contributed by atoms with E-state index in [9.17, 15) is 9.18 Å². The Balaban J connectivity index is 1.44. The zero-order valence-corrected chi connectivity index (χ0v) is 16.0. The third kappa shape index (κ3) is 4.37. The summed E-state index contributed by atoms with van der Waals surface area (Å²) in [5.41, 5.74) is 1.34. The van der Waals surface area contributed by atoms with Gasteiger partial charge in [0.25, 0.3) is 0 Å². The summed E-state index contributed by atoms with van der Waals surface area (Å²) in [6, 6.07) is 5.08. The predicted molar refractivity (Wildman–Crippen MR) is 105 cm³/mol. The van der Waals surface area contributed by atoms with Crippen molar-refractivity contribution in [3.8, 4) is 0 Å². The minimum absolute atomic E-state index is 0.0819. The lowest BCUT2D eigenvalue weighted by Gasteiger charge is -2.34. The molecule has 0 spiro atoms. The average molecular weight is 375 g/mol. The van der Waals surface area contributed by atoms with E-state index in [1.165, 1.54) is 44.2 Å². The maximum Gasteiger partial charge on any atom is 0.322 e. The van der Waals surface area contributed by atoms with Crippen LogP contribution in [0.3, 0.4) is 0 Å². The number of hydrogen-bond acceptors (Lipinski definition) is 3. The van der Waals surface area contributed by atoms with E-state index in [1.54, 1.807) is 0 Å². The molecule has 1 aromatic rings. The normalized spacial score (nSPS) is 24.3. The molecule has 0 aromatic heterocycles. The number of carbonyl (C=O) groups is 1. The lowest BCUT2D eigenvalue weighted by Crippen LogP contribution is -2.43. The van der Waals surface area contributed by atoms with Crippen molar-refractivity contribution in [2.75, 3.05) is 43.1 Å². The van der Waals surface area contributed by atoms with E-state index in [4.69, 9.17) is 4.74 Å². The van der Waals surface area contributed by atoms with Crippen LogP contribution in [0.1, 0.15) is 44.9 Å². The standard InChI is InChI=1S/C21H30FN3O2/c22-17-13-18(15-19(14-17)24-9-11-27-12-10-24)23-21(26)25-8-4-7-20(25)16-5-2-1-3-6-16/h13-16,20H,1-12H2,(H,23,26). The summed E-state index contributed by atoms with van der Waals surface area (Å²) in [6.07, 6.45) is 8.51. The molecule has 3 fully saturated rings. The molecule has 1 atom stereocenters. The Morgan fingerprint density at radius 2 is 1.78 bits per heavy atom. The number of ether oxygens (including phenoxy) is 1. The van der Waals surface area contributed by atoms with Crippen molar-refractivity contribution in [1.82, 2.24) is 4.90 Å². The van der Waals surface area contributed by atoms with Crippen molar-refractivity contribution < 1.29 is 13.9 Å². The minimum atomic E-state index is -0.320. The van der Waals surface area contributed by atoms with E-state index in [1.807, 2.05) is 11.0 Å². The quantitative estimate of drug-likeness (QED) is 0.859. The molecule has 0 bridgehead atoms. The summed E-state index contributed by atoms with van der Waals surface area (Å²) in [5, 5.41) is 2.96. The van der Waals surface area contributed by atoms with Crippen molar-refractivity contribution in [2.45, 2.75) is 51.0 Å². The molecule has 1 aliphatic carbocycles. The van der Waals surface area contributed by atoms with Crippen LogP contribution in [-0.4, -0.2) is 49.8 Å². The zero-order valence-electron chi connectivity index (χ0n) is 16.0. The largest absolute Gasteiger partial charge is 0.378 e. The summed E-state index contributed by atoms with van der Waals surface area (Å²) < 4.78 is 19.5. The number of nitrogens with zero attached hydrogens (tertiary/aromatic N) is 2. The second-order valence-electron chi connectivity index (χ2n) is 8.03. The molecule has 5 nitrogen and oxygen atoms in total. The predicted octanol–water partition coefficient (Wildman–Crippen LogP) is 4.24. The fourth-order valence-electron chi connectivity index (χ4n) is 4.90. The summed E-state index contributed by atoms with van der Waals surface area (Å²) in [5.74, 6) is 0.308. The van der Waals surface area contributed by atoms with Crippen LogP contribution >= 0.6 is 0 Å². The third-order valence-electron chi connectivity index (χ3n) is 6.26. The average Bonchev–Trinajstić information content (AvgIpc) is 3.19. The molecular formula is C21H30FN3O2. The van der Waals surface area contributed by atoms with Crippen molar-refractivity contribution in [2.24, 2.45) is 5.92 Å². The second-order valence-corrected chi connectivity index (χ2v) is 8.03. The Morgan fingerprint density at radius 3 is 2.56 bits per heavy atom. The van der Waals surface area contributed by atoms with Gasteiger partial charge in [0.15, 0.2) is 0 Å². The van der Waals surface area contributed by atoms with Gasteiger partial charge in [-0.3, -0.25) is 0 Å². The number of rotatable bonds is 3. The molecule has 2 heterocycles. The number of amides is 2. The lowest BCUT2D eigenvalue weighted by atomic mass is 9.83. The van der Waals surface area contributed by atoms with Crippen LogP contribution in [0.25, 0.3) is 0 Å². The number of hydrogen-bond donors (Lipinski definition) is 1. The Labute approximate surface area is 160 Å². The van der Waals surface area contributed by atoms with Crippen LogP contribution in [-0.2, 0) is 4.74 Å². The number of halogens is 1. The van der Waals surface area contributed by atoms with Crippen LogP contribution in [0.15, 0.2) is 18.2 Å². The Kier molecular flexibility index (Phi) is 5.81. The van der Waals surface area contributed by atoms with Gasteiger partial charge in [0, 0.05) is 37.1 Å². The molecule has 6 heteroatoms. The van der Waals surface area contributed by atoms with Gasteiger partial charge in [0.05, 0.1) is 13.2 Å². The van der Waals surface area contributed by atoms with Crippen LogP contribution in [0.4, 0.5) is 20.6 Å². The number of nitrogens with one attached hydrogen (secondary N) is 1. The van der Waals surface area contributed by atoms with Crippen LogP contribution in [0, 0.1) is 11.7 Å². The summed E-state index contributed by atoms with van der Waals surface area (Å²) >= 11 is 0. The van der Waals surface area contributed by atoms with Gasteiger partial charge in [-0.2, -0.15) is 0 Å². The molecule has 27 heavy (non-hydrogen) atoms. The van der Waals surface area contributed by atoms with Crippen molar-refractivity contribution in [3.05, 3.63) is 24.0 Å². The molecule has 1 unspecified atom stereocenters. The van der Waals surface area contributed by atoms with Gasteiger partial charge in [0.1, 0.15) is 5.82 Å². The molecule has 1 saturated carbocycles. The molecule has 4 rings (SSSR count). The van der Waals surface area contributed by atoms with Gasteiger partial charge in [-0.1, -0.05) is 19.3 Å². The van der Waals surface area contributed by atoms with Gasteiger partial charge in [0.2, 0.25) is 0 Å². The summed E-state index contributed by atoms with van der Waals surface area (Å²) in [4.78, 5) is 17.0. The van der Waals surface area contributed by atoms with E-state index in [2.05, 4.69) is 10.2 Å². The fraction of sp³-hybridized carbons (Fsp3) is 0.667. The van der Waals surface area contributed by atoms with Crippen molar-refractivity contribution in [1.29, 1.82) is 0 Å². The monoisotopic (exact) mass is 375 g/mol. The summed E-state index contributed by atoms with van der Waals surface area (Å²) in [6.45, 7) is 3.59. The van der Waals surface area contributed by atoms with Gasteiger partial charge in [-0.25, -0.2) is 9.18 Å². The molecular weight excluding hydrogens is 345 g/mol. The maximum absolute atomic E-state index is 14.2. The van der Waals surface area contributed by atoms with Gasteiger partial charge >= 0.3 is 6.03 Å². The first-order valence-electron chi connectivity index (χ1n) is 10.4. The van der Waals surface area contributed by atoms with E-state index < -0.39 is 0 Å².